The van der Waals surface area contributed by atoms with Gasteiger partial charge in [-0.3, -0.25) is 18.1 Å². The third-order valence-corrected chi connectivity index (χ3v) is 14.1. The van der Waals surface area contributed by atoms with Gasteiger partial charge in [0.25, 0.3) is 14.7 Å². The molecule has 0 aliphatic heterocycles. The molecular formula is C42H56N6O4P2+2. The Balaban J connectivity index is 1.20. The highest BCUT2D eigenvalue weighted by molar-refractivity contribution is 7.73. The number of rotatable bonds is 16. The van der Waals surface area contributed by atoms with E-state index in [1.54, 1.807) is 48.5 Å². The molecule has 10 nitrogen and oxygen atoms in total. The smallest absolute Gasteiger partial charge is 0.258 e. The van der Waals surface area contributed by atoms with Crippen molar-refractivity contribution in [2.75, 3.05) is 41.3 Å². The molecule has 12 heteroatoms. The minimum Gasteiger partial charge on any atom is -0.338 e. The van der Waals surface area contributed by atoms with Crippen LogP contribution in [0.5, 0.6) is 0 Å². The quantitative estimate of drug-likeness (QED) is 0.0654. The molecule has 0 spiro atoms. The zero-order chi connectivity index (χ0) is 39.3. The molecule has 54 heavy (non-hydrogen) atoms. The Hall–Kier alpha value is -3.76. The van der Waals surface area contributed by atoms with Gasteiger partial charge in [0.1, 0.15) is 24.5 Å². The Morgan fingerprint density at radius 3 is 0.963 bits per heavy atom. The number of nitrogens with two attached hydrogens (primary N) is 4. The summed E-state index contributed by atoms with van der Waals surface area (Å²) in [4.78, 5) is 22.2. The third kappa shape index (κ3) is 9.91. The lowest BCUT2D eigenvalue weighted by Gasteiger charge is -2.31. The van der Waals surface area contributed by atoms with E-state index >= 15 is 0 Å². The fraction of sp³-hybridized carbons (Fsp3) is 0.286. The summed E-state index contributed by atoms with van der Waals surface area (Å²) in [6.07, 6.45) is 1.23. The normalized spacial score (nSPS) is 15.6. The van der Waals surface area contributed by atoms with Crippen molar-refractivity contribution in [1.29, 1.82) is 0 Å². The van der Waals surface area contributed by atoms with Gasteiger partial charge in [0.2, 0.25) is 0 Å². The Morgan fingerprint density at radius 2 is 0.704 bits per heavy atom. The molecular weight excluding hydrogens is 714 g/mol. The molecule has 5 aromatic carbocycles. The maximum Gasteiger partial charge on any atom is 0.258 e. The van der Waals surface area contributed by atoms with Crippen molar-refractivity contribution in [3.05, 3.63) is 144 Å². The second-order valence-corrected chi connectivity index (χ2v) is 19.8. The average Bonchev–Trinajstić information content (AvgIpc) is 3.16. The minimum absolute atomic E-state index is 0.146. The van der Waals surface area contributed by atoms with E-state index in [0.29, 0.717) is 56.1 Å². The van der Waals surface area contributed by atoms with Gasteiger partial charge in [-0.05, 0) is 96.8 Å². The van der Waals surface area contributed by atoms with E-state index < -0.39 is 14.7 Å². The molecule has 0 saturated carbocycles. The molecule has 0 aliphatic rings. The zero-order valence-electron chi connectivity index (χ0n) is 31.8. The van der Waals surface area contributed by atoms with Crippen LogP contribution in [0.15, 0.2) is 121 Å². The molecule has 0 fully saturated rings. The lowest BCUT2D eigenvalue weighted by molar-refractivity contribution is 0.388. The van der Waals surface area contributed by atoms with Gasteiger partial charge in [-0.2, -0.15) is 0 Å². The van der Waals surface area contributed by atoms with E-state index in [1.165, 1.54) is 11.1 Å². The van der Waals surface area contributed by atoms with Crippen LogP contribution in [0.1, 0.15) is 22.3 Å². The summed E-state index contributed by atoms with van der Waals surface area (Å²) in [5, 5.41) is 1.54. The summed E-state index contributed by atoms with van der Waals surface area (Å²) in [6, 6.07) is 37.2. The fourth-order valence-electron chi connectivity index (χ4n) is 6.70. The van der Waals surface area contributed by atoms with E-state index in [4.69, 9.17) is 22.9 Å². The van der Waals surface area contributed by atoms with Crippen molar-refractivity contribution >= 4 is 47.3 Å². The van der Waals surface area contributed by atoms with Crippen LogP contribution >= 0.6 is 14.7 Å². The van der Waals surface area contributed by atoms with E-state index in [0.717, 1.165) is 35.6 Å². The second kappa shape index (κ2) is 16.9. The van der Waals surface area contributed by atoms with Crippen molar-refractivity contribution in [1.82, 2.24) is 8.97 Å². The van der Waals surface area contributed by atoms with Gasteiger partial charge in [0.05, 0.1) is 28.2 Å². The monoisotopic (exact) mass is 770 g/mol. The largest absolute Gasteiger partial charge is 0.338 e. The Bertz CT molecular complexity index is 1940. The van der Waals surface area contributed by atoms with Crippen molar-refractivity contribution in [3.8, 4) is 0 Å². The predicted molar refractivity (Wildman–Crippen MR) is 227 cm³/mol. The first kappa shape index (κ1) is 41.4. The SMILES string of the molecule is C[N+](C)(Cc1ccc(C[N+](C)(C)c2ccc(P(=O)(O)c3ccc(C[C@H](N)CN)cc3)cc2)cc1)c1ccc(P(=O)(O)c2ccc(C[C@H](N)CN)cc2)cc1. The van der Waals surface area contributed by atoms with Crippen LogP contribution < -0.4 is 53.1 Å². The molecule has 286 valence electrons. The molecule has 0 saturated heterocycles. The van der Waals surface area contributed by atoms with Crippen molar-refractivity contribution in [2.45, 2.75) is 38.0 Å². The highest BCUT2D eigenvalue weighted by Crippen LogP contribution is 2.40. The molecule has 2 unspecified atom stereocenters. The van der Waals surface area contributed by atoms with Crippen LogP contribution in [0.3, 0.4) is 0 Å². The van der Waals surface area contributed by atoms with Crippen LogP contribution in [-0.4, -0.2) is 63.2 Å². The zero-order valence-corrected chi connectivity index (χ0v) is 33.5. The number of hydrogen-bond acceptors (Lipinski definition) is 6. The molecule has 0 aliphatic carbocycles. The molecule has 4 atom stereocenters. The number of hydrogen-bond donors (Lipinski definition) is 6. The van der Waals surface area contributed by atoms with Gasteiger partial charge in [-0.1, -0.05) is 48.5 Å². The fourth-order valence-corrected chi connectivity index (χ4v) is 9.51. The topological polar surface area (TPSA) is 179 Å². The van der Waals surface area contributed by atoms with Crippen molar-refractivity contribution in [2.24, 2.45) is 22.9 Å². The Kier molecular flexibility index (Phi) is 13.0. The number of quaternary nitrogens is 2. The molecule has 0 heterocycles. The van der Waals surface area contributed by atoms with Crippen LogP contribution in [0.2, 0.25) is 0 Å². The molecule has 0 amide bonds. The Labute approximate surface area is 320 Å². The van der Waals surface area contributed by atoms with E-state index in [1.807, 2.05) is 48.5 Å². The number of benzene rings is 5. The van der Waals surface area contributed by atoms with Crippen molar-refractivity contribution in [3.63, 3.8) is 0 Å². The van der Waals surface area contributed by atoms with Gasteiger partial charge < -0.3 is 32.7 Å². The van der Waals surface area contributed by atoms with Crippen molar-refractivity contribution < 1.29 is 18.9 Å². The highest BCUT2D eigenvalue weighted by atomic mass is 31.2. The molecule has 5 aromatic rings. The molecule has 0 bridgehead atoms. The lowest BCUT2D eigenvalue weighted by atomic mass is 10.1. The lowest BCUT2D eigenvalue weighted by Crippen LogP contribution is -2.40. The summed E-state index contributed by atoms with van der Waals surface area (Å²) < 4.78 is 28.1. The molecule has 5 rings (SSSR count). The van der Waals surface area contributed by atoms with Gasteiger partial charge >= 0.3 is 0 Å². The predicted octanol–water partition coefficient (Wildman–Crippen LogP) is 3.32. The van der Waals surface area contributed by atoms with Crippen LogP contribution in [0.25, 0.3) is 0 Å². The molecule has 10 N–H and O–H groups in total. The minimum atomic E-state index is -3.77. The maximum atomic E-state index is 13.5. The van der Waals surface area contributed by atoms with Gasteiger partial charge in [-0.15, -0.1) is 0 Å². The summed E-state index contributed by atoms with van der Waals surface area (Å²) in [5.74, 6) is 0. The van der Waals surface area contributed by atoms with E-state index in [2.05, 4.69) is 52.5 Å². The third-order valence-electron chi connectivity index (χ3n) is 10.1. The summed E-state index contributed by atoms with van der Waals surface area (Å²) >= 11 is 0. The summed E-state index contributed by atoms with van der Waals surface area (Å²) in [6.45, 7) is 2.22. The van der Waals surface area contributed by atoms with Gasteiger partial charge in [-0.25, -0.2) is 0 Å². The summed E-state index contributed by atoms with van der Waals surface area (Å²) in [5.41, 5.74) is 29.5. The van der Waals surface area contributed by atoms with E-state index in [-0.39, 0.29) is 12.1 Å². The standard InChI is InChI=1S/C42H54N6O4P2/c1-47(2,37-13-21-41(22-14-37)53(49,50)39-17-9-31(10-18-39)25-35(45)27-43)29-33-5-7-34(8-6-33)30-48(3,4)38-15-23-42(24-16-38)54(51,52)40-19-11-32(12-20-40)26-36(46)28-44/h5-24,35-36H,25-30,43-46H2,1-4H3/p+2/t35-,36-/m0/s1. The molecule has 0 radical (unpaired) electrons. The summed E-state index contributed by atoms with van der Waals surface area (Å²) in [7, 11) is 0.950. The Morgan fingerprint density at radius 1 is 0.463 bits per heavy atom. The van der Waals surface area contributed by atoms with Crippen LogP contribution in [-0.2, 0) is 35.1 Å². The van der Waals surface area contributed by atoms with Gasteiger partial charge in [0, 0.05) is 57.5 Å². The first-order valence-corrected chi connectivity index (χ1v) is 21.5. The van der Waals surface area contributed by atoms with Crippen LogP contribution in [0, 0.1) is 0 Å². The highest BCUT2D eigenvalue weighted by Gasteiger charge is 2.28. The first-order chi connectivity index (χ1) is 25.4. The van der Waals surface area contributed by atoms with E-state index in [9.17, 15) is 18.9 Å². The average molecular weight is 771 g/mol. The first-order valence-electron chi connectivity index (χ1n) is 18.2. The maximum absolute atomic E-state index is 13.5. The molecule has 0 aromatic heterocycles. The second-order valence-electron chi connectivity index (χ2n) is 15.4. The number of nitrogens with zero attached hydrogens (tertiary/aromatic N) is 2. The van der Waals surface area contributed by atoms with Crippen LogP contribution in [0.4, 0.5) is 11.4 Å². The van der Waals surface area contributed by atoms with Gasteiger partial charge in [0.15, 0.2) is 0 Å².